The van der Waals surface area contributed by atoms with Gasteiger partial charge < -0.3 is 20.1 Å². The van der Waals surface area contributed by atoms with E-state index in [1.807, 2.05) is 41.3 Å². The highest BCUT2D eigenvalue weighted by Crippen LogP contribution is 2.30. The molecule has 0 spiro atoms. The third kappa shape index (κ3) is 4.23. The van der Waals surface area contributed by atoms with Crippen LogP contribution in [0.25, 0.3) is 0 Å². The van der Waals surface area contributed by atoms with E-state index >= 15 is 0 Å². The van der Waals surface area contributed by atoms with E-state index in [1.165, 1.54) is 0 Å². The Labute approximate surface area is 142 Å². The number of hydrogen-bond donors (Lipinski definition) is 2. The van der Waals surface area contributed by atoms with Crippen LogP contribution in [-0.2, 0) is 6.54 Å². The number of ether oxygens (including phenoxy) is 1. The molecule has 2 aromatic rings. The largest absolute Gasteiger partial charge is 0.508 e. The van der Waals surface area contributed by atoms with Gasteiger partial charge in [-0.05, 0) is 30.4 Å². The summed E-state index contributed by atoms with van der Waals surface area (Å²) in [4.78, 5) is 1.90. The Hall–Kier alpha value is -2.53. The van der Waals surface area contributed by atoms with Crippen molar-refractivity contribution in [2.45, 2.75) is 6.54 Å². The van der Waals surface area contributed by atoms with Crippen molar-refractivity contribution in [3.63, 3.8) is 0 Å². The standard InChI is InChI=1S/C18H20N2O2S/c1-3-12-19-18(23)20(13-14-8-4-6-10-16(14)21)15-9-5-7-11-17(15)22-2/h3-11,21H,1,12-13H2,2H3,(H,19,23). The van der Waals surface area contributed by atoms with Gasteiger partial charge in [0.15, 0.2) is 5.11 Å². The lowest BCUT2D eigenvalue weighted by Crippen LogP contribution is -2.39. The molecule has 23 heavy (non-hydrogen) atoms. The maximum Gasteiger partial charge on any atom is 0.174 e. The number of hydrogen-bond acceptors (Lipinski definition) is 3. The summed E-state index contributed by atoms with van der Waals surface area (Å²) in [6, 6.07) is 14.8. The van der Waals surface area contributed by atoms with Gasteiger partial charge in [-0.3, -0.25) is 0 Å². The van der Waals surface area contributed by atoms with Crippen molar-refractivity contribution in [3.8, 4) is 11.5 Å². The number of aromatic hydroxyl groups is 1. The van der Waals surface area contributed by atoms with Crippen LogP contribution in [0.5, 0.6) is 11.5 Å². The van der Waals surface area contributed by atoms with Gasteiger partial charge in [-0.15, -0.1) is 6.58 Å². The van der Waals surface area contributed by atoms with Gasteiger partial charge in [-0.25, -0.2) is 0 Å². The number of methoxy groups -OCH3 is 1. The van der Waals surface area contributed by atoms with Crippen LogP contribution in [0, 0.1) is 0 Å². The third-order valence-corrected chi connectivity index (χ3v) is 3.70. The van der Waals surface area contributed by atoms with Gasteiger partial charge in [0.05, 0.1) is 19.3 Å². The summed E-state index contributed by atoms with van der Waals surface area (Å²) in [6.07, 6.45) is 1.74. The molecule has 2 N–H and O–H groups in total. The van der Waals surface area contributed by atoms with Crippen LogP contribution >= 0.6 is 12.2 Å². The molecule has 0 aromatic heterocycles. The van der Waals surface area contributed by atoms with Crippen LogP contribution in [-0.4, -0.2) is 23.9 Å². The van der Waals surface area contributed by atoms with Crippen LogP contribution in [0.15, 0.2) is 61.2 Å². The average molecular weight is 328 g/mol. The van der Waals surface area contributed by atoms with Crippen molar-refractivity contribution in [1.29, 1.82) is 0 Å². The van der Waals surface area contributed by atoms with Crippen molar-refractivity contribution >= 4 is 23.0 Å². The summed E-state index contributed by atoms with van der Waals surface area (Å²) >= 11 is 5.50. The normalized spacial score (nSPS) is 9.96. The predicted octanol–water partition coefficient (Wildman–Crippen LogP) is 3.47. The molecule has 0 aliphatic rings. The highest BCUT2D eigenvalue weighted by atomic mass is 32.1. The van der Waals surface area contributed by atoms with Crippen LogP contribution in [0.1, 0.15) is 5.56 Å². The predicted molar refractivity (Wildman–Crippen MR) is 98.1 cm³/mol. The minimum Gasteiger partial charge on any atom is -0.508 e. The minimum atomic E-state index is 0.235. The van der Waals surface area contributed by atoms with Crippen LogP contribution in [0.3, 0.4) is 0 Å². The number of benzene rings is 2. The zero-order valence-electron chi connectivity index (χ0n) is 13.0. The first kappa shape index (κ1) is 16.8. The molecule has 0 saturated heterocycles. The molecule has 2 aromatic carbocycles. The van der Waals surface area contributed by atoms with Crippen LogP contribution < -0.4 is 15.0 Å². The summed E-state index contributed by atoms with van der Waals surface area (Å²) in [5, 5.41) is 13.7. The Morgan fingerprint density at radius 2 is 1.96 bits per heavy atom. The van der Waals surface area contributed by atoms with E-state index in [0.717, 1.165) is 11.3 Å². The molecule has 0 fully saturated rings. The fourth-order valence-corrected chi connectivity index (χ4v) is 2.44. The number of para-hydroxylation sites is 3. The van der Waals surface area contributed by atoms with E-state index in [1.54, 1.807) is 25.3 Å². The lowest BCUT2D eigenvalue weighted by Gasteiger charge is -2.27. The van der Waals surface area contributed by atoms with E-state index in [-0.39, 0.29) is 5.75 Å². The number of phenolic OH excluding ortho intramolecular Hbond substituents is 1. The van der Waals surface area contributed by atoms with E-state index in [4.69, 9.17) is 17.0 Å². The van der Waals surface area contributed by atoms with E-state index in [2.05, 4.69) is 11.9 Å². The van der Waals surface area contributed by atoms with Gasteiger partial charge in [-0.1, -0.05) is 36.4 Å². The Morgan fingerprint density at radius 3 is 2.65 bits per heavy atom. The number of thiocarbonyl (C=S) groups is 1. The first-order valence-electron chi connectivity index (χ1n) is 7.23. The first-order valence-corrected chi connectivity index (χ1v) is 7.64. The minimum absolute atomic E-state index is 0.235. The van der Waals surface area contributed by atoms with Crippen LogP contribution in [0.2, 0.25) is 0 Å². The molecule has 5 heteroatoms. The van der Waals surface area contributed by atoms with Crippen molar-refractivity contribution in [2.75, 3.05) is 18.6 Å². The highest BCUT2D eigenvalue weighted by Gasteiger charge is 2.17. The molecule has 0 unspecified atom stereocenters. The van der Waals surface area contributed by atoms with E-state index in [0.29, 0.717) is 24.0 Å². The molecular weight excluding hydrogens is 308 g/mol. The molecular formula is C18H20N2O2S. The quantitative estimate of drug-likeness (QED) is 0.628. The van der Waals surface area contributed by atoms with Crippen molar-refractivity contribution in [3.05, 3.63) is 66.7 Å². The zero-order chi connectivity index (χ0) is 16.7. The summed E-state index contributed by atoms with van der Waals surface area (Å²) in [5.41, 5.74) is 1.61. The van der Waals surface area contributed by atoms with Gasteiger partial charge in [0.1, 0.15) is 11.5 Å². The molecule has 0 radical (unpaired) electrons. The maximum absolute atomic E-state index is 10.1. The highest BCUT2D eigenvalue weighted by molar-refractivity contribution is 7.80. The van der Waals surface area contributed by atoms with Crippen molar-refractivity contribution < 1.29 is 9.84 Å². The summed E-state index contributed by atoms with van der Waals surface area (Å²) in [6.45, 7) is 4.68. The lowest BCUT2D eigenvalue weighted by atomic mass is 10.1. The van der Waals surface area contributed by atoms with E-state index < -0.39 is 0 Å². The lowest BCUT2D eigenvalue weighted by molar-refractivity contribution is 0.415. The molecule has 120 valence electrons. The fourth-order valence-electron chi connectivity index (χ4n) is 2.19. The summed E-state index contributed by atoms with van der Waals surface area (Å²) in [5.74, 6) is 0.949. The van der Waals surface area contributed by atoms with E-state index in [9.17, 15) is 5.11 Å². The second-order valence-corrected chi connectivity index (χ2v) is 5.25. The molecule has 0 atom stereocenters. The van der Waals surface area contributed by atoms with Crippen molar-refractivity contribution in [2.24, 2.45) is 0 Å². The van der Waals surface area contributed by atoms with Crippen molar-refractivity contribution in [1.82, 2.24) is 5.32 Å². The first-order chi connectivity index (χ1) is 11.2. The summed E-state index contributed by atoms with van der Waals surface area (Å²) < 4.78 is 5.44. The second kappa shape index (κ2) is 8.19. The Bertz CT molecular complexity index is 688. The Balaban J connectivity index is 2.37. The number of nitrogens with zero attached hydrogens (tertiary/aromatic N) is 1. The molecule has 0 heterocycles. The molecule has 0 aliphatic carbocycles. The molecule has 0 bridgehead atoms. The van der Waals surface area contributed by atoms with Gasteiger partial charge in [0, 0.05) is 12.1 Å². The Kier molecular flexibility index (Phi) is 6.00. The average Bonchev–Trinajstić information content (AvgIpc) is 2.59. The Morgan fingerprint density at radius 1 is 1.26 bits per heavy atom. The third-order valence-electron chi connectivity index (χ3n) is 3.34. The fraction of sp³-hybridized carbons (Fsp3) is 0.167. The monoisotopic (exact) mass is 328 g/mol. The number of nitrogens with one attached hydrogen (secondary N) is 1. The van der Waals surface area contributed by atoms with Gasteiger partial charge in [-0.2, -0.15) is 0 Å². The smallest absolute Gasteiger partial charge is 0.174 e. The summed E-state index contributed by atoms with van der Waals surface area (Å²) in [7, 11) is 1.62. The van der Waals surface area contributed by atoms with Gasteiger partial charge in [0.2, 0.25) is 0 Å². The van der Waals surface area contributed by atoms with Crippen LogP contribution in [0.4, 0.5) is 5.69 Å². The van der Waals surface area contributed by atoms with Gasteiger partial charge in [0.25, 0.3) is 0 Å². The molecule has 0 aliphatic heterocycles. The number of anilines is 1. The number of rotatable bonds is 6. The maximum atomic E-state index is 10.1. The molecule has 2 rings (SSSR count). The second-order valence-electron chi connectivity index (χ2n) is 4.86. The van der Waals surface area contributed by atoms with Gasteiger partial charge >= 0.3 is 0 Å². The SMILES string of the molecule is C=CCNC(=S)N(Cc1ccccc1O)c1ccccc1OC. The number of phenols is 1. The molecule has 0 saturated carbocycles. The zero-order valence-corrected chi connectivity index (χ0v) is 13.8. The molecule has 0 amide bonds. The molecule has 4 nitrogen and oxygen atoms in total. The topological polar surface area (TPSA) is 44.7 Å².